The minimum absolute atomic E-state index is 0.0497. The predicted molar refractivity (Wildman–Crippen MR) is 67.1 cm³/mol. The fraction of sp³-hybridized carbons (Fsp3) is 0.727. The van der Waals surface area contributed by atoms with Crippen molar-refractivity contribution in [3.63, 3.8) is 0 Å². The first-order chi connectivity index (χ1) is 8.29. The molecule has 3 rings (SSSR count). The van der Waals surface area contributed by atoms with E-state index in [0.29, 0.717) is 5.92 Å². The SMILES string of the molecule is CCCCC(N)c1nn2c(C3CC3)nnc2s1. The van der Waals surface area contributed by atoms with Crippen LogP contribution in [-0.4, -0.2) is 19.8 Å². The van der Waals surface area contributed by atoms with Crippen LogP contribution in [0.4, 0.5) is 0 Å². The lowest BCUT2D eigenvalue weighted by molar-refractivity contribution is 0.591. The molecule has 0 saturated heterocycles. The molecule has 0 aliphatic heterocycles. The fourth-order valence-corrected chi connectivity index (χ4v) is 2.82. The van der Waals surface area contributed by atoms with Gasteiger partial charge in [0.2, 0.25) is 4.96 Å². The molecule has 0 aromatic carbocycles. The van der Waals surface area contributed by atoms with Crippen molar-refractivity contribution in [2.24, 2.45) is 5.73 Å². The smallest absolute Gasteiger partial charge is 0.234 e. The Morgan fingerprint density at radius 1 is 1.47 bits per heavy atom. The predicted octanol–water partition coefficient (Wildman–Crippen LogP) is 2.25. The van der Waals surface area contributed by atoms with Gasteiger partial charge >= 0.3 is 0 Å². The monoisotopic (exact) mass is 251 g/mol. The number of nitrogens with zero attached hydrogens (tertiary/aromatic N) is 4. The van der Waals surface area contributed by atoms with E-state index < -0.39 is 0 Å². The maximum Gasteiger partial charge on any atom is 0.234 e. The van der Waals surface area contributed by atoms with Gasteiger partial charge in [0.15, 0.2) is 5.82 Å². The second-order valence-electron chi connectivity index (χ2n) is 4.72. The molecule has 0 bridgehead atoms. The summed E-state index contributed by atoms with van der Waals surface area (Å²) in [6, 6.07) is 0.0497. The van der Waals surface area contributed by atoms with Crippen LogP contribution in [0.25, 0.3) is 4.96 Å². The average Bonchev–Trinajstić information content (AvgIpc) is 2.95. The Balaban J connectivity index is 1.85. The molecule has 92 valence electrons. The summed E-state index contributed by atoms with van der Waals surface area (Å²) in [6.45, 7) is 2.18. The highest BCUT2D eigenvalue weighted by atomic mass is 32.1. The highest BCUT2D eigenvalue weighted by Gasteiger charge is 2.30. The van der Waals surface area contributed by atoms with E-state index in [-0.39, 0.29) is 6.04 Å². The van der Waals surface area contributed by atoms with Gasteiger partial charge < -0.3 is 5.73 Å². The van der Waals surface area contributed by atoms with Crippen LogP contribution in [0.1, 0.15) is 61.8 Å². The zero-order chi connectivity index (χ0) is 11.8. The molecule has 1 aliphatic carbocycles. The molecule has 0 spiro atoms. The highest BCUT2D eigenvalue weighted by Crippen LogP contribution is 2.39. The lowest BCUT2D eigenvalue weighted by atomic mass is 10.1. The summed E-state index contributed by atoms with van der Waals surface area (Å²) in [5, 5.41) is 13.9. The van der Waals surface area contributed by atoms with E-state index in [1.165, 1.54) is 19.3 Å². The van der Waals surface area contributed by atoms with Crippen LogP contribution in [-0.2, 0) is 0 Å². The van der Waals surface area contributed by atoms with E-state index in [9.17, 15) is 0 Å². The molecule has 1 fully saturated rings. The van der Waals surface area contributed by atoms with Crippen molar-refractivity contribution in [3.05, 3.63) is 10.8 Å². The van der Waals surface area contributed by atoms with Gasteiger partial charge in [-0.3, -0.25) is 0 Å². The van der Waals surface area contributed by atoms with Gasteiger partial charge in [-0.25, -0.2) is 0 Å². The standard InChI is InChI=1S/C11H17N5S/c1-2-3-4-8(12)10-15-16-9(7-5-6-7)13-14-11(16)17-10/h7-8H,2-6,12H2,1H3. The van der Waals surface area contributed by atoms with Gasteiger partial charge in [-0.05, 0) is 19.3 Å². The van der Waals surface area contributed by atoms with Crippen LogP contribution in [0.15, 0.2) is 0 Å². The Labute approximate surface area is 104 Å². The van der Waals surface area contributed by atoms with Crippen molar-refractivity contribution in [1.82, 2.24) is 19.8 Å². The summed E-state index contributed by atoms with van der Waals surface area (Å²) < 4.78 is 1.89. The van der Waals surface area contributed by atoms with Crippen LogP contribution < -0.4 is 5.73 Å². The Kier molecular flexibility index (Phi) is 2.84. The van der Waals surface area contributed by atoms with Gasteiger partial charge in [-0.1, -0.05) is 31.1 Å². The van der Waals surface area contributed by atoms with Crippen LogP contribution in [0.2, 0.25) is 0 Å². The van der Waals surface area contributed by atoms with E-state index in [0.717, 1.165) is 28.6 Å². The zero-order valence-electron chi connectivity index (χ0n) is 9.96. The summed E-state index contributed by atoms with van der Waals surface area (Å²) in [5.41, 5.74) is 6.13. The molecule has 0 amide bonds. The first kappa shape index (κ1) is 11.1. The highest BCUT2D eigenvalue weighted by molar-refractivity contribution is 7.16. The normalized spacial score (nSPS) is 17.8. The molecular weight excluding hydrogens is 234 g/mol. The van der Waals surface area contributed by atoms with Crippen molar-refractivity contribution in [3.8, 4) is 0 Å². The number of hydrogen-bond donors (Lipinski definition) is 1. The van der Waals surface area contributed by atoms with Gasteiger partial charge in [0.05, 0.1) is 6.04 Å². The molecular formula is C11H17N5S. The quantitative estimate of drug-likeness (QED) is 0.885. The van der Waals surface area contributed by atoms with Gasteiger partial charge in [0, 0.05) is 5.92 Å². The zero-order valence-corrected chi connectivity index (χ0v) is 10.8. The minimum atomic E-state index is 0.0497. The lowest BCUT2D eigenvalue weighted by Gasteiger charge is -2.05. The Hall–Kier alpha value is -1.01. The van der Waals surface area contributed by atoms with Crippen LogP contribution in [0.3, 0.4) is 0 Å². The minimum Gasteiger partial charge on any atom is -0.322 e. The van der Waals surface area contributed by atoms with Crippen molar-refractivity contribution < 1.29 is 0 Å². The molecule has 2 N–H and O–H groups in total. The summed E-state index contributed by atoms with van der Waals surface area (Å²) in [4.78, 5) is 0.883. The molecule has 6 heteroatoms. The number of rotatable bonds is 5. The van der Waals surface area contributed by atoms with Crippen molar-refractivity contribution >= 4 is 16.3 Å². The number of nitrogens with two attached hydrogens (primary N) is 1. The van der Waals surface area contributed by atoms with Gasteiger partial charge in [0.1, 0.15) is 5.01 Å². The van der Waals surface area contributed by atoms with E-state index in [4.69, 9.17) is 5.73 Å². The molecule has 17 heavy (non-hydrogen) atoms. The third-order valence-corrected chi connectivity index (χ3v) is 4.19. The number of fused-ring (bicyclic) bond motifs is 1. The molecule has 1 saturated carbocycles. The molecule has 2 aromatic heterocycles. The van der Waals surface area contributed by atoms with Crippen LogP contribution in [0.5, 0.6) is 0 Å². The van der Waals surface area contributed by atoms with E-state index in [1.807, 2.05) is 4.52 Å². The Morgan fingerprint density at radius 3 is 3.00 bits per heavy atom. The molecule has 5 nitrogen and oxygen atoms in total. The van der Waals surface area contributed by atoms with Crippen molar-refractivity contribution in [1.29, 1.82) is 0 Å². The van der Waals surface area contributed by atoms with E-state index in [2.05, 4.69) is 22.2 Å². The van der Waals surface area contributed by atoms with Crippen LogP contribution in [0, 0.1) is 0 Å². The number of aromatic nitrogens is 4. The third kappa shape index (κ3) is 2.07. The number of hydrogen-bond acceptors (Lipinski definition) is 5. The average molecular weight is 251 g/mol. The molecule has 2 heterocycles. The fourth-order valence-electron chi connectivity index (χ4n) is 1.94. The number of unbranched alkanes of at least 4 members (excludes halogenated alkanes) is 1. The maximum absolute atomic E-state index is 6.13. The van der Waals surface area contributed by atoms with Gasteiger partial charge in [-0.2, -0.15) is 9.61 Å². The first-order valence-electron chi connectivity index (χ1n) is 6.27. The second kappa shape index (κ2) is 4.34. The van der Waals surface area contributed by atoms with Gasteiger partial charge in [-0.15, -0.1) is 10.2 Å². The second-order valence-corrected chi connectivity index (χ2v) is 5.70. The topological polar surface area (TPSA) is 69.1 Å². The summed E-state index contributed by atoms with van der Waals surface area (Å²) in [5.74, 6) is 1.59. The molecule has 0 radical (unpaired) electrons. The molecule has 1 unspecified atom stereocenters. The van der Waals surface area contributed by atoms with E-state index >= 15 is 0 Å². The maximum atomic E-state index is 6.13. The van der Waals surface area contributed by atoms with Crippen LogP contribution >= 0.6 is 11.3 Å². The Morgan fingerprint density at radius 2 is 2.29 bits per heavy atom. The largest absolute Gasteiger partial charge is 0.322 e. The third-order valence-electron chi connectivity index (χ3n) is 3.16. The first-order valence-corrected chi connectivity index (χ1v) is 7.09. The summed E-state index contributed by atoms with van der Waals surface area (Å²) in [6.07, 6.45) is 5.76. The Bertz CT molecular complexity index is 513. The summed E-state index contributed by atoms with van der Waals surface area (Å²) >= 11 is 1.58. The summed E-state index contributed by atoms with van der Waals surface area (Å²) in [7, 11) is 0. The van der Waals surface area contributed by atoms with Crippen molar-refractivity contribution in [2.45, 2.75) is 51.0 Å². The van der Waals surface area contributed by atoms with Crippen molar-refractivity contribution in [2.75, 3.05) is 0 Å². The molecule has 1 aliphatic rings. The molecule has 2 aromatic rings. The lowest BCUT2D eigenvalue weighted by Crippen LogP contribution is -2.10. The van der Waals surface area contributed by atoms with Gasteiger partial charge in [0.25, 0.3) is 0 Å². The van der Waals surface area contributed by atoms with E-state index in [1.54, 1.807) is 11.3 Å². The molecule has 1 atom stereocenters.